The van der Waals surface area contributed by atoms with Crippen molar-refractivity contribution in [3.05, 3.63) is 48.7 Å². The van der Waals surface area contributed by atoms with Crippen LogP contribution in [0.1, 0.15) is 12.8 Å². The summed E-state index contributed by atoms with van der Waals surface area (Å²) in [5.41, 5.74) is 0.716. The highest BCUT2D eigenvalue weighted by Gasteiger charge is 2.18. The summed E-state index contributed by atoms with van der Waals surface area (Å²) in [6.45, 7) is 3.95. The number of hydrogen-bond acceptors (Lipinski definition) is 7. The number of nitrogens with zero attached hydrogens (tertiary/aromatic N) is 1. The minimum Gasteiger partial charge on any atom is -0.448 e. The number of phosphoric acid groups is 1. The van der Waals surface area contributed by atoms with Crippen molar-refractivity contribution >= 4 is 43.1 Å². The minimum atomic E-state index is -3.96. The van der Waals surface area contributed by atoms with Gasteiger partial charge in [0, 0.05) is 18.7 Å². The van der Waals surface area contributed by atoms with Crippen molar-refractivity contribution in [3.8, 4) is 0 Å². The maximum atomic E-state index is 11.9. The third-order valence-electron chi connectivity index (χ3n) is 3.83. The molecule has 2 N–H and O–H groups in total. The summed E-state index contributed by atoms with van der Waals surface area (Å²) in [6.07, 6.45) is 1.98. The van der Waals surface area contributed by atoms with Crippen LogP contribution < -0.4 is 5.32 Å². The lowest BCUT2D eigenvalue weighted by atomic mass is 10.1. The second-order valence-corrected chi connectivity index (χ2v) is 8.09. The maximum absolute atomic E-state index is 11.9. The fourth-order valence-electron chi connectivity index (χ4n) is 2.26. The van der Waals surface area contributed by atoms with Gasteiger partial charge >= 0.3 is 13.9 Å². The molecule has 1 aromatic carbocycles. The number of aromatic nitrogens is 1. The second-order valence-electron chi connectivity index (χ2n) is 5.90. The highest BCUT2D eigenvalue weighted by Crippen LogP contribution is 2.42. The molecule has 2 unspecified atom stereocenters. The van der Waals surface area contributed by atoms with Crippen molar-refractivity contribution in [1.29, 1.82) is 0 Å². The Morgan fingerprint density at radius 1 is 1.39 bits per heavy atom. The Labute approximate surface area is 168 Å². The largest absolute Gasteiger partial charge is 0.471 e. The number of phosphoric ester groups is 1. The topological polar surface area (TPSA) is 107 Å². The molecule has 1 heterocycles. The summed E-state index contributed by atoms with van der Waals surface area (Å²) in [7, 11) is -2.87. The first-order valence-electron chi connectivity index (χ1n) is 8.48. The van der Waals surface area contributed by atoms with E-state index in [2.05, 4.69) is 34.0 Å². The number of hydrogen-bond donors (Lipinski definition) is 3. The maximum Gasteiger partial charge on any atom is 0.471 e. The number of benzene rings is 1. The number of thiol groups is 1. The van der Waals surface area contributed by atoms with Crippen LogP contribution in [0.3, 0.4) is 0 Å². The summed E-state index contributed by atoms with van der Waals surface area (Å²) < 4.78 is 25.4. The smallest absolute Gasteiger partial charge is 0.448 e. The molecule has 2 atom stereocenters. The zero-order chi connectivity index (χ0) is 20.6. The molecule has 0 saturated heterocycles. The van der Waals surface area contributed by atoms with Gasteiger partial charge in [-0.2, -0.15) is 12.6 Å². The van der Waals surface area contributed by atoms with Gasteiger partial charge in [-0.05, 0) is 24.3 Å². The van der Waals surface area contributed by atoms with Gasteiger partial charge in [0.05, 0.1) is 11.9 Å². The fourth-order valence-corrected chi connectivity index (χ4v) is 2.93. The Bertz CT molecular complexity index is 878. The number of ether oxygens (including phenoxy) is 1. The molecule has 10 heteroatoms. The van der Waals surface area contributed by atoms with Crippen molar-refractivity contribution in [2.45, 2.75) is 18.1 Å². The average molecular weight is 426 g/mol. The van der Waals surface area contributed by atoms with Crippen molar-refractivity contribution in [2.75, 3.05) is 25.6 Å². The highest BCUT2D eigenvalue weighted by atomic mass is 32.1. The molecule has 8 nitrogen and oxygen atoms in total. The molecule has 0 saturated carbocycles. The molecule has 0 radical (unpaired) electrons. The third kappa shape index (κ3) is 7.26. The van der Waals surface area contributed by atoms with Crippen LogP contribution in [-0.4, -0.2) is 41.5 Å². The van der Waals surface area contributed by atoms with Crippen LogP contribution in [0.25, 0.3) is 10.8 Å². The molecule has 1 aromatic heterocycles. The van der Waals surface area contributed by atoms with Crippen LogP contribution in [0.2, 0.25) is 0 Å². The summed E-state index contributed by atoms with van der Waals surface area (Å²) >= 11 is 4.36. The normalized spacial score (nSPS) is 14.2. The number of nitrogens with one attached hydrogen (secondary N) is 1. The van der Waals surface area contributed by atoms with E-state index in [1.807, 2.05) is 24.3 Å². The first-order chi connectivity index (χ1) is 13.3. The first-order valence-corrected chi connectivity index (χ1v) is 10.5. The van der Waals surface area contributed by atoms with Gasteiger partial charge in [-0.25, -0.2) is 14.3 Å². The van der Waals surface area contributed by atoms with E-state index in [1.165, 1.54) is 0 Å². The minimum absolute atomic E-state index is 0.0266. The number of fused-ring (bicyclic) bond motifs is 1. The SMILES string of the molecule is C=C(CCCOP(=O)(O)OC)C(S)COC(=O)Nc1cc2ccccc2cn1. The molecular formula is C18H23N2O6PS. The molecular weight excluding hydrogens is 403 g/mol. The van der Waals surface area contributed by atoms with E-state index in [4.69, 9.17) is 14.2 Å². The Hall–Kier alpha value is -1.90. The summed E-state index contributed by atoms with van der Waals surface area (Å²) in [5, 5.41) is 4.13. The lowest BCUT2D eigenvalue weighted by Gasteiger charge is -2.15. The van der Waals surface area contributed by atoms with Gasteiger partial charge in [0.1, 0.15) is 12.4 Å². The van der Waals surface area contributed by atoms with Crippen LogP contribution in [-0.2, 0) is 18.3 Å². The van der Waals surface area contributed by atoms with E-state index in [-0.39, 0.29) is 18.5 Å². The van der Waals surface area contributed by atoms with E-state index in [1.54, 1.807) is 12.3 Å². The third-order valence-corrected chi connectivity index (χ3v) is 5.32. The lowest BCUT2D eigenvalue weighted by molar-refractivity contribution is 0.162. The first kappa shape index (κ1) is 22.4. The van der Waals surface area contributed by atoms with E-state index < -0.39 is 13.9 Å². The van der Waals surface area contributed by atoms with Gasteiger partial charge in [-0.15, -0.1) is 0 Å². The number of rotatable bonds is 10. The van der Waals surface area contributed by atoms with Crippen LogP contribution in [0.4, 0.5) is 10.6 Å². The van der Waals surface area contributed by atoms with Gasteiger partial charge < -0.3 is 9.63 Å². The van der Waals surface area contributed by atoms with Crippen LogP contribution in [0.5, 0.6) is 0 Å². The summed E-state index contributed by atoms with van der Waals surface area (Å²) in [4.78, 5) is 25.2. The van der Waals surface area contributed by atoms with Gasteiger partial charge in [0.2, 0.25) is 0 Å². The van der Waals surface area contributed by atoms with E-state index in [0.29, 0.717) is 24.2 Å². The van der Waals surface area contributed by atoms with Crippen molar-refractivity contribution < 1.29 is 28.0 Å². The molecule has 0 aliphatic carbocycles. The van der Waals surface area contributed by atoms with Crippen molar-refractivity contribution in [2.24, 2.45) is 0 Å². The number of amides is 1. The van der Waals surface area contributed by atoms with Crippen molar-refractivity contribution in [3.63, 3.8) is 0 Å². The molecule has 152 valence electrons. The number of pyridine rings is 1. The highest BCUT2D eigenvalue weighted by molar-refractivity contribution is 7.81. The summed E-state index contributed by atoms with van der Waals surface area (Å²) in [6, 6.07) is 9.43. The lowest BCUT2D eigenvalue weighted by Crippen LogP contribution is -2.20. The monoisotopic (exact) mass is 426 g/mol. The molecule has 28 heavy (non-hydrogen) atoms. The van der Waals surface area contributed by atoms with Gasteiger partial charge in [0.25, 0.3) is 0 Å². The molecule has 0 fully saturated rings. The predicted molar refractivity (Wildman–Crippen MR) is 111 cm³/mol. The summed E-state index contributed by atoms with van der Waals surface area (Å²) in [5.74, 6) is 0.391. The second kappa shape index (κ2) is 10.6. The van der Waals surface area contributed by atoms with Crippen molar-refractivity contribution in [1.82, 2.24) is 4.98 Å². The fraction of sp³-hybridized carbons (Fsp3) is 0.333. The van der Waals surface area contributed by atoms with Crippen LogP contribution in [0, 0.1) is 0 Å². The van der Waals surface area contributed by atoms with E-state index >= 15 is 0 Å². The number of carbonyl (C=O) groups is 1. The quantitative estimate of drug-likeness (QED) is 0.226. The molecule has 0 aliphatic heterocycles. The average Bonchev–Trinajstić information content (AvgIpc) is 2.69. The number of carbonyl (C=O) groups excluding carboxylic acids is 1. The van der Waals surface area contributed by atoms with Gasteiger partial charge in [0.15, 0.2) is 0 Å². The molecule has 0 spiro atoms. The molecule has 2 rings (SSSR count). The van der Waals surface area contributed by atoms with Crippen LogP contribution in [0.15, 0.2) is 48.7 Å². The Morgan fingerprint density at radius 3 is 2.82 bits per heavy atom. The van der Waals surface area contributed by atoms with Gasteiger partial charge in [-0.1, -0.05) is 36.4 Å². The Morgan fingerprint density at radius 2 is 2.11 bits per heavy atom. The number of anilines is 1. The van der Waals surface area contributed by atoms with Crippen LogP contribution >= 0.6 is 20.5 Å². The molecule has 2 aromatic rings. The molecule has 0 aliphatic rings. The zero-order valence-corrected chi connectivity index (χ0v) is 17.2. The van der Waals surface area contributed by atoms with E-state index in [0.717, 1.165) is 17.9 Å². The van der Waals surface area contributed by atoms with E-state index in [9.17, 15) is 9.36 Å². The predicted octanol–water partition coefficient (Wildman–Crippen LogP) is 4.18. The zero-order valence-electron chi connectivity index (χ0n) is 15.4. The molecule has 0 bridgehead atoms. The Balaban J connectivity index is 1.72. The van der Waals surface area contributed by atoms with Gasteiger partial charge in [-0.3, -0.25) is 14.4 Å². The molecule has 1 amide bonds. The standard InChI is InChI=1S/C18H23N2O6PS/c1-13(6-5-9-26-27(22,23)24-2)16(28)12-25-18(21)20-17-10-14-7-3-4-8-15(14)11-19-17/h3-4,7-8,10-11,16,28H,1,5-6,9,12H2,2H3,(H,22,23)(H,19,20,21). The Kier molecular flexibility index (Phi) is 8.47.